The average molecular weight is 371 g/mol. The highest BCUT2D eigenvalue weighted by Crippen LogP contribution is 2.18. The first-order valence-electron chi connectivity index (χ1n) is 8.69. The maximum atomic E-state index is 12.5. The molecule has 0 spiro atoms. The van der Waals surface area contributed by atoms with Gasteiger partial charge in [-0.1, -0.05) is 48.0 Å². The van der Waals surface area contributed by atoms with Gasteiger partial charge >= 0.3 is 0 Å². The molecular weight excluding hydrogens is 348 g/mol. The highest BCUT2D eigenvalue weighted by Gasteiger charge is 2.20. The molecule has 0 aromatic heterocycles. The Morgan fingerprint density at radius 1 is 1.12 bits per heavy atom. The number of rotatable bonds is 4. The number of hydrogen-bond donors (Lipinski definition) is 2. The van der Waals surface area contributed by atoms with E-state index in [1.165, 1.54) is 11.1 Å². The van der Waals surface area contributed by atoms with E-state index in [2.05, 4.69) is 27.8 Å². The van der Waals surface area contributed by atoms with Crippen molar-refractivity contribution in [1.29, 1.82) is 0 Å². The van der Waals surface area contributed by atoms with Crippen LogP contribution < -0.4 is 10.6 Å². The third-order valence-corrected chi connectivity index (χ3v) is 4.74. The van der Waals surface area contributed by atoms with E-state index < -0.39 is 0 Å². The first kappa shape index (κ1) is 18.3. The molecular formula is C20H23ClN4O. The fourth-order valence-electron chi connectivity index (χ4n) is 2.99. The van der Waals surface area contributed by atoms with Gasteiger partial charge in [0.25, 0.3) is 0 Å². The lowest BCUT2D eigenvalue weighted by Gasteiger charge is -2.29. The van der Waals surface area contributed by atoms with Crippen molar-refractivity contribution in [2.24, 2.45) is 4.99 Å². The summed E-state index contributed by atoms with van der Waals surface area (Å²) in [5.74, 6) is 0.680. The van der Waals surface area contributed by atoms with Gasteiger partial charge in [-0.2, -0.15) is 0 Å². The lowest BCUT2D eigenvalue weighted by Crippen LogP contribution is -2.45. The molecule has 0 radical (unpaired) electrons. The number of guanidine groups is 1. The number of hydrogen-bond acceptors (Lipinski definition) is 2. The Labute approximate surface area is 159 Å². The second-order valence-electron chi connectivity index (χ2n) is 6.24. The van der Waals surface area contributed by atoms with Gasteiger partial charge in [0.05, 0.1) is 6.54 Å². The van der Waals surface area contributed by atoms with E-state index in [-0.39, 0.29) is 12.5 Å². The Bertz CT molecular complexity index is 789. The van der Waals surface area contributed by atoms with Crippen LogP contribution in [0.15, 0.2) is 53.5 Å². The van der Waals surface area contributed by atoms with Crippen molar-refractivity contribution in [2.75, 3.05) is 20.1 Å². The third-order valence-electron chi connectivity index (χ3n) is 4.49. The van der Waals surface area contributed by atoms with Gasteiger partial charge in [-0.25, -0.2) is 0 Å². The molecule has 0 unspecified atom stereocenters. The summed E-state index contributed by atoms with van der Waals surface area (Å²) in [4.78, 5) is 18.6. The molecule has 0 saturated carbocycles. The van der Waals surface area contributed by atoms with E-state index in [4.69, 9.17) is 11.6 Å². The van der Waals surface area contributed by atoms with Crippen LogP contribution >= 0.6 is 11.6 Å². The number of carbonyl (C=O) groups is 1. The molecule has 1 amide bonds. The number of fused-ring (bicyclic) bond motifs is 1. The van der Waals surface area contributed by atoms with E-state index in [9.17, 15) is 4.79 Å². The lowest BCUT2D eigenvalue weighted by atomic mass is 10.00. The summed E-state index contributed by atoms with van der Waals surface area (Å²) >= 11 is 5.89. The summed E-state index contributed by atoms with van der Waals surface area (Å²) in [5, 5.41) is 7.01. The summed E-state index contributed by atoms with van der Waals surface area (Å²) in [5.41, 5.74) is 3.67. The number of aliphatic imine (C=N–C) groups is 1. The molecule has 136 valence electrons. The third kappa shape index (κ3) is 4.76. The number of nitrogens with zero attached hydrogens (tertiary/aromatic N) is 2. The van der Waals surface area contributed by atoms with E-state index in [1.54, 1.807) is 7.05 Å². The fraction of sp³-hybridized carbons (Fsp3) is 0.300. The van der Waals surface area contributed by atoms with Crippen molar-refractivity contribution in [1.82, 2.24) is 15.5 Å². The number of carbonyl (C=O) groups excluding carboxylic acids is 1. The van der Waals surface area contributed by atoms with Crippen LogP contribution in [0.25, 0.3) is 0 Å². The number of nitrogens with one attached hydrogen (secondary N) is 2. The summed E-state index contributed by atoms with van der Waals surface area (Å²) in [6.07, 6.45) is 0.908. The Balaban J connectivity index is 1.48. The minimum absolute atomic E-state index is 0.0777. The predicted octanol–water partition coefficient (Wildman–Crippen LogP) is 2.59. The Morgan fingerprint density at radius 3 is 2.58 bits per heavy atom. The van der Waals surface area contributed by atoms with Crippen LogP contribution in [0, 0.1) is 0 Å². The Hall–Kier alpha value is -2.53. The maximum absolute atomic E-state index is 12.5. The molecule has 26 heavy (non-hydrogen) atoms. The summed E-state index contributed by atoms with van der Waals surface area (Å²) in [7, 11) is 1.69. The van der Waals surface area contributed by atoms with E-state index in [0.29, 0.717) is 24.1 Å². The van der Waals surface area contributed by atoms with Crippen LogP contribution in [-0.4, -0.2) is 36.9 Å². The number of benzene rings is 2. The summed E-state index contributed by atoms with van der Waals surface area (Å²) in [6, 6.07) is 15.9. The zero-order valence-electron chi connectivity index (χ0n) is 14.8. The smallest absolute Gasteiger partial charge is 0.242 e. The normalized spacial score (nSPS) is 13.9. The van der Waals surface area contributed by atoms with Crippen LogP contribution in [0.3, 0.4) is 0 Å². The molecule has 1 aliphatic rings. The van der Waals surface area contributed by atoms with Gasteiger partial charge in [-0.3, -0.25) is 9.79 Å². The van der Waals surface area contributed by atoms with Crippen LogP contribution in [0.5, 0.6) is 0 Å². The number of halogens is 1. The quantitative estimate of drug-likeness (QED) is 0.642. The predicted molar refractivity (Wildman–Crippen MR) is 105 cm³/mol. The maximum Gasteiger partial charge on any atom is 0.242 e. The molecule has 2 aromatic carbocycles. The van der Waals surface area contributed by atoms with Crippen LogP contribution in [0.1, 0.15) is 16.7 Å². The topological polar surface area (TPSA) is 56.7 Å². The average Bonchev–Trinajstić information content (AvgIpc) is 2.68. The van der Waals surface area contributed by atoms with Crippen molar-refractivity contribution >= 4 is 23.5 Å². The van der Waals surface area contributed by atoms with E-state index >= 15 is 0 Å². The fourth-order valence-corrected chi connectivity index (χ4v) is 3.11. The molecule has 3 rings (SSSR count). The zero-order valence-corrected chi connectivity index (χ0v) is 15.6. The first-order valence-corrected chi connectivity index (χ1v) is 9.07. The molecule has 5 nitrogen and oxygen atoms in total. The van der Waals surface area contributed by atoms with Crippen molar-refractivity contribution < 1.29 is 4.79 Å². The number of amides is 1. The monoisotopic (exact) mass is 370 g/mol. The molecule has 1 heterocycles. The molecule has 0 fully saturated rings. The van der Waals surface area contributed by atoms with Gasteiger partial charge in [0, 0.05) is 31.7 Å². The van der Waals surface area contributed by atoms with Crippen molar-refractivity contribution in [3.8, 4) is 0 Å². The minimum Gasteiger partial charge on any atom is -0.352 e. The van der Waals surface area contributed by atoms with Gasteiger partial charge in [-0.05, 0) is 35.2 Å². The molecule has 0 atom stereocenters. The van der Waals surface area contributed by atoms with E-state index in [0.717, 1.165) is 18.5 Å². The highest BCUT2D eigenvalue weighted by atomic mass is 35.5. The zero-order chi connectivity index (χ0) is 18.4. The molecule has 0 aliphatic carbocycles. The van der Waals surface area contributed by atoms with Gasteiger partial charge < -0.3 is 15.5 Å². The van der Waals surface area contributed by atoms with Gasteiger partial charge in [0.2, 0.25) is 5.91 Å². The van der Waals surface area contributed by atoms with Crippen molar-refractivity contribution in [3.63, 3.8) is 0 Å². The second-order valence-corrected chi connectivity index (χ2v) is 6.68. The molecule has 2 N–H and O–H groups in total. The summed E-state index contributed by atoms with van der Waals surface area (Å²) in [6.45, 7) is 2.27. The largest absolute Gasteiger partial charge is 0.352 e. The SMILES string of the molecule is CN=C(NCC(=O)N1CCc2ccccc2C1)NCc1ccc(Cl)cc1. The highest BCUT2D eigenvalue weighted by molar-refractivity contribution is 6.30. The molecule has 0 saturated heterocycles. The second kappa shape index (κ2) is 8.72. The molecule has 2 aromatic rings. The standard InChI is InChI=1S/C20H23ClN4O/c1-22-20(23-12-15-6-8-18(21)9-7-15)24-13-19(26)25-11-10-16-4-2-3-5-17(16)14-25/h2-9H,10-14H2,1H3,(H2,22,23,24). The summed E-state index contributed by atoms with van der Waals surface area (Å²) < 4.78 is 0. The van der Waals surface area contributed by atoms with Gasteiger partial charge in [-0.15, -0.1) is 0 Å². The van der Waals surface area contributed by atoms with Gasteiger partial charge in [0.1, 0.15) is 0 Å². The van der Waals surface area contributed by atoms with Crippen LogP contribution in [0.2, 0.25) is 5.02 Å². The molecule has 0 bridgehead atoms. The van der Waals surface area contributed by atoms with Crippen LogP contribution in [-0.2, 0) is 24.3 Å². The Kier molecular flexibility index (Phi) is 6.12. The Morgan fingerprint density at radius 2 is 1.85 bits per heavy atom. The van der Waals surface area contributed by atoms with Gasteiger partial charge in [0.15, 0.2) is 5.96 Å². The molecule has 6 heteroatoms. The van der Waals surface area contributed by atoms with Crippen LogP contribution in [0.4, 0.5) is 0 Å². The van der Waals surface area contributed by atoms with Crippen molar-refractivity contribution in [2.45, 2.75) is 19.5 Å². The van der Waals surface area contributed by atoms with E-state index in [1.807, 2.05) is 41.3 Å². The minimum atomic E-state index is 0.0777. The van der Waals surface area contributed by atoms with Crippen molar-refractivity contribution in [3.05, 3.63) is 70.2 Å². The molecule has 1 aliphatic heterocycles. The first-order chi connectivity index (χ1) is 12.7. The lowest BCUT2D eigenvalue weighted by molar-refractivity contribution is -0.130.